The van der Waals surface area contributed by atoms with Gasteiger partial charge in [-0.3, -0.25) is 9.59 Å². The van der Waals surface area contributed by atoms with Crippen LogP contribution in [0.25, 0.3) is 10.8 Å². The molecule has 1 aliphatic rings. The van der Waals surface area contributed by atoms with E-state index in [1.807, 2.05) is 42.5 Å². The van der Waals surface area contributed by atoms with Crippen LogP contribution >= 0.6 is 11.3 Å². The molecule has 0 bridgehead atoms. The van der Waals surface area contributed by atoms with Crippen molar-refractivity contribution in [1.29, 1.82) is 0 Å². The lowest BCUT2D eigenvalue weighted by Crippen LogP contribution is -2.27. The number of ether oxygens (including phenoxy) is 1. The molecule has 1 heterocycles. The first-order chi connectivity index (χ1) is 14.7. The number of anilines is 1. The lowest BCUT2D eigenvalue weighted by Gasteiger charge is -2.33. The summed E-state index contributed by atoms with van der Waals surface area (Å²) in [7, 11) is 0. The molecule has 2 amide bonds. The first-order valence-electron chi connectivity index (χ1n) is 10.6. The van der Waals surface area contributed by atoms with E-state index in [-0.39, 0.29) is 17.9 Å². The minimum absolute atomic E-state index is 0.139. The van der Waals surface area contributed by atoms with Crippen LogP contribution in [0.3, 0.4) is 0 Å². The molecule has 0 saturated carbocycles. The number of amides is 2. The average molecular weight is 437 g/mol. The summed E-state index contributed by atoms with van der Waals surface area (Å²) in [5, 5.41) is 5.42. The third-order valence-corrected chi connectivity index (χ3v) is 7.27. The first-order valence-corrected chi connectivity index (χ1v) is 11.4. The van der Waals surface area contributed by atoms with E-state index in [4.69, 9.17) is 10.5 Å². The van der Waals surface area contributed by atoms with Crippen molar-refractivity contribution in [3.63, 3.8) is 0 Å². The molecular weight excluding hydrogens is 408 g/mol. The smallest absolute Gasteiger partial charge is 0.262 e. The Morgan fingerprint density at radius 3 is 2.65 bits per heavy atom. The second-order valence-corrected chi connectivity index (χ2v) is 10.3. The van der Waals surface area contributed by atoms with Crippen molar-refractivity contribution in [2.24, 2.45) is 17.1 Å². The standard InChI is InChI=1S/C25H28N2O3S/c1-25(2,3)16-11-12-18-20(13-16)31-24(22(18)23(26)29)27-21(28)14-30-19-10-6-8-15-7-4-5-9-17(15)19/h4-10,16H,11-14H2,1-3H3,(H2,26,29)(H,27,28). The highest BCUT2D eigenvalue weighted by Crippen LogP contribution is 2.44. The summed E-state index contributed by atoms with van der Waals surface area (Å²) in [5.41, 5.74) is 7.36. The van der Waals surface area contributed by atoms with Gasteiger partial charge in [0, 0.05) is 10.3 Å². The summed E-state index contributed by atoms with van der Waals surface area (Å²) in [6.07, 6.45) is 2.74. The van der Waals surface area contributed by atoms with Crippen molar-refractivity contribution in [1.82, 2.24) is 0 Å². The lowest BCUT2D eigenvalue weighted by atomic mass is 9.72. The number of carbonyl (C=O) groups is 2. The number of fused-ring (bicyclic) bond motifs is 2. The molecule has 2 aromatic carbocycles. The normalized spacial score (nSPS) is 16.0. The Hall–Kier alpha value is -2.86. The molecular formula is C25H28N2O3S. The van der Waals surface area contributed by atoms with E-state index in [0.29, 0.717) is 22.2 Å². The summed E-state index contributed by atoms with van der Waals surface area (Å²) in [5.74, 6) is 0.401. The number of thiophene rings is 1. The van der Waals surface area contributed by atoms with Crippen molar-refractivity contribution in [2.75, 3.05) is 11.9 Å². The van der Waals surface area contributed by atoms with Gasteiger partial charge in [-0.2, -0.15) is 0 Å². The van der Waals surface area contributed by atoms with Gasteiger partial charge in [0.05, 0.1) is 5.56 Å². The zero-order chi connectivity index (χ0) is 22.2. The van der Waals surface area contributed by atoms with Crippen molar-refractivity contribution in [2.45, 2.75) is 40.0 Å². The van der Waals surface area contributed by atoms with E-state index in [1.165, 1.54) is 11.3 Å². The maximum absolute atomic E-state index is 12.7. The highest BCUT2D eigenvalue weighted by Gasteiger charge is 2.33. The first kappa shape index (κ1) is 21.4. The monoisotopic (exact) mass is 436 g/mol. The molecule has 5 nitrogen and oxygen atoms in total. The van der Waals surface area contributed by atoms with Crippen LogP contribution < -0.4 is 15.8 Å². The Labute approximate surface area is 186 Å². The fourth-order valence-electron chi connectivity index (χ4n) is 4.30. The average Bonchev–Trinajstić information content (AvgIpc) is 3.08. The minimum atomic E-state index is -0.489. The zero-order valence-corrected chi connectivity index (χ0v) is 19.0. The molecule has 162 valence electrons. The third-order valence-electron chi connectivity index (χ3n) is 6.10. The minimum Gasteiger partial charge on any atom is -0.483 e. The van der Waals surface area contributed by atoms with E-state index in [1.54, 1.807) is 0 Å². The highest BCUT2D eigenvalue weighted by atomic mass is 32.1. The molecule has 3 aromatic rings. The van der Waals surface area contributed by atoms with Crippen LogP contribution in [0.4, 0.5) is 5.00 Å². The van der Waals surface area contributed by atoms with Crippen molar-refractivity contribution < 1.29 is 14.3 Å². The van der Waals surface area contributed by atoms with E-state index >= 15 is 0 Å². The molecule has 0 fully saturated rings. The molecule has 6 heteroatoms. The van der Waals surface area contributed by atoms with Gasteiger partial charge in [-0.15, -0.1) is 11.3 Å². The van der Waals surface area contributed by atoms with Gasteiger partial charge in [-0.05, 0) is 47.6 Å². The molecule has 1 atom stereocenters. The van der Waals surface area contributed by atoms with E-state index in [9.17, 15) is 9.59 Å². The predicted octanol–water partition coefficient (Wildman–Crippen LogP) is 5.17. The molecule has 0 aliphatic heterocycles. The number of nitrogens with two attached hydrogens (primary N) is 1. The maximum atomic E-state index is 12.7. The molecule has 4 rings (SSSR count). The Bertz CT molecular complexity index is 1140. The Kier molecular flexibility index (Phi) is 5.75. The Morgan fingerprint density at radius 1 is 1.16 bits per heavy atom. The fourth-order valence-corrected chi connectivity index (χ4v) is 5.65. The van der Waals surface area contributed by atoms with Crippen LogP contribution in [0, 0.1) is 11.3 Å². The number of nitrogens with one attached hydrogen (secondary N) is 1. The van der Waals surface area contributed by atoms with Crippen molar-refractivity contribution in [3.8, 4) is 5.75 Å². The number of carbonyl (C=O) groups excluding carboxylic acids is 2. The number of hydrogen-bond donors (Lipinski definition) is 2. The molecule has 1 unspecified atom stereocenters. The van der Waals surface area contributed by atoms with Crippen LogP contribution in [0.15, 0.2) is 42.5 Å². The summed E-state index contributed by atoms with van der Waals surface area (Å²) >= 11 is 1.47. The van der Waals surface area contributed by atoms with E-state index < -0.39 is 5.91 Å². The van der Waals surface area contributed by atoms with Gasteiger partial charge in [0.1, 0.15) is 10.8 Å². The summed E-state index contributed by atoms with van der Waals surface area (Å²) in [6, 6.07) is 13.6. The summed E-state index contributed by atoms with van der Waals surface area (Å²) in [6.45, 7) is 6.61. The lowest BCUT2D eigenvalue weighted by molar-refractivity contribution is -0.118. The van der Waals surface area contributed by atoms with Crippen LogP contribution in [-0.2, 0) is 17.6 Å². The van der Waals surface area contributed by atoms with Gasteiger partial charge in [-0.1, -0.05) is 57.2 Å². The number of primary amides is 1. The highest BCUT2D eigenvalue weighted by molar-refractivity contribution is 7.17. The quantitative estimate of drug-likeness (QED) is 0.579. The Balaban J connectivity index is 1.50. The van der Waals surface area contributed by atoms with Gasteiger partial charge in [0.2, 0.25) is 0 Å². The van der Waals surface area contributed by atoms with Crippen LogP contribution in [0.2, 0.25) is 0 Å². The van der Waals surface area contributed by atoms with Gasteiger partial charge < -0.3 is 15.8 Å². The molecule has 31 heavy (non-hydrogen) atoms. The van der Waals surface area contributed by atoms with Crippen LogP contribution in [0.1, 0.15) is 48.0 Å². The molecule has 3 N–H and O–H groups in total. The molecule has 1 aliphatic carbocycles. The maximum Gasteiger partial charge on any atom is 0.262 e. The summed E-state index contributed by atoms with van der Waals surface area (Å²) < 4.78 is 5.79. The van der Waals surface area contributed by atoms with E-state index in [2.05, 4.69) is 26.1 Å². The van der Waals surface area contributed by atoms with Gasteiger partial charge in [0.15, 0.2) is 6.61 Å². The predicted molar refractivity (Wildman–Crippen MR) is 126 cm³/mol. The Morgan fingerprint density at radius 2 is 1.90 bits per heavy atom. The van der Waals surface area contributed by atoms with Gasteiger partial charge in [0.25, 0.3) is 11.8 Å². The number of rotatable bonds is 5. The van der Waals surface area contributed by atoms with Crippen LogP contribution in [-0.4, -0.2) is 18.4 Å². The van der Waals surface area contributed by atoms with Crippen LogP contribution in [0.5, 0.6) is 5.75 Å². The summed E-state index contributed by atoms with van der Waals surface area (Å²) in [4.78, 5) is 26.0. The number of hydrogen-bond acceptors (Lipinski definition) is 4. The number of benzene rings is 2. The van der Waals surface area contributed by atoms with Crippen molar-refractivity contribution in [3.05, 3.63) is 58.5 Å². The second kappa shape index (κ2) is 8.35. The SMILES string of the molecule is CC(C)(C)C1CCc2c(sc(NC(=O)COc3cccc4ccccc34)c2C(N)=O)C1. The topological polar surface area (TPSA) is 81.4 Å². The molecule has 1 aromatic heterocycles. The zero-order valence-electron chi connectivity index (χ0n) is 18.2. The molecule has 0 saturated heterocycles. The molecule has 0 spiro atoms. The van der Waals surface area contributed by atoms with E-state index in [0.717, 1.165) is 40.5 Å². The second-order valence-electron chi connectivity index (χ2n) is 9.19. The van der Waals surface area contributed by atoms with Gasteiger partial charge >= 0.3 is 0 Å². The largest absolute Gasteiger partial charge is 0.483 e. The fraction of sp³-hybridized carbons (Fsp3) is 0.360. The van der Waals surface area contributed by atoms with Crippen molar-refractivity contribution >= 4 is 38.9 Å². The third kappa shape index (κ3) is 4.44. The van der Waals surface area contributed by atoms with Gasteiger partial charge in [-0.25, -0.2) is 0 Å². The molecule has 0 radical (unpaired) electrons.